The van der Waals surface area contributed by atoms with E-state index >= 15 is 0 Å². The molecule has 8 nitrogen and oxygen atoms in total. The standard InChI is InChI=1S/C28H33N5O3/c1-27(2,3)24(26(35)30-18-28(36)14-6-7-15-28)31-25(34)23-21-8-4-5-9-22(21)33(32-23)17-20-12-10-19(16-29)11-13-20/h4-5,8-13,24,36H,6-7,14-15,17-18H2,1-3H3,(H,30,35)(H,31,34)/t24-/m1/s1. The van der Waals surface area contributed by atoms with Gasteiger partial charge in [0.15, 0.2) is 5.69 Å². The second-order valence-electron chi connectivity index (χ2n) is 10.8. The van der Waals surface area contributed by atoms with E-state index in [4.69, 9.17) is 5.26 Å². The van der Waals surface area contributed by atoms with Crippen molar-refractivity contribution in [1.29, 1.82) is 5.26 Å². The molecule has 1 heterocycles. The lowest BCUT2D eigenvalue weighted by Crippen LogP contribution is -2.55. The molecule has 1 aromatic heterocycles. The molecule has 4 rings (SSSR count). The second kappa shape index (κ2) is 10.1. The molecule has 2 amide bonds. The molecule has 36 heavy (non-hydrogen) atoms. The summed E-state index contributed by atoms with van der Waals surface area (Å²) in [6.45, 7) is 6.29. The van der Waals surface area contributed by atoms with Gasteiger partial charge in [0.05, 0.1) is 29.3 Å². The molecule has 1 aliphatic carbocycles. The van der Waals surface area contributed by atoms with E-state index in [2.05, 4.69) is 21.8 Å². The Morgan fingerprint density at radius 1 is 1.14 bits per heavy atom. The maximum Gasteiger partial charge on any atom is 0.273 e. The number of para-hydroxylation sites is 1. The third kappa shape index (κ3) is 5.58. The highest BCUT2D eigenvalue weighted by atomic mass is 16.3. The van der Waals surface area contributed by atoms with Gasteiger partial charge in [-0.1, -0.05) is 63.9 Å². The van der Waals surface area contributed by atoms with Crippen LogP contribution in [0.5, 0.6) is 0 Å². The molecule has 1 saturated carbocycles. The maximum absolute atomic E-state index is 13.4. The Morgan fingerprint density at radius 2 is 1.81 bits per heavy atom. The van der Waals surface area contributed by atoms with Crippen molar-refractivity contribution in [2.45, 2.75) is 64.6 Å². The Labute approximate surface area is 211 Å². The number of carbonyl (C=O) groups excluding carboxylic acids is 2. The number of amides is 2. The zero-order chi connectivity index (χ0) is 25.9. The lowest BCUT2D eigenvalue weighted by atomic mass is 9.85. The van der Waals surface area contributed by atoms with Crippen molar-refractivity contribution in [2.24, 2.45) is 5.41 Å². The quantitative estimate of drug-likeness (QED) is 0.471. The SMILES string of the molecule is CC(C)(C)[C@H](NC(=O)c1nn(Cc2ccc(C#N)cc2)c2ccccc12)C(=O)NCC1(O)CCCC1. The summed E-state index contributed by atoms with van der Waals surface area (Å²) < 4.78 is 1.76. The summed E-state index contributed by atoms with van der Waals surface area (Å²) in [5, 5.41) is 30.7. The molecule has 188 valence electrons. The van der Waals surface area contributed by atoms with Crippen LogP contribution in [0.1, 0.15) is 68.1 Å². The van der Waals surface area contributed by atoms with Crippen molar-refractivity contribution in [3.8, 4) is 6.07 Å². The second-order valence-corrected chi connectivity index (χ2v) is 10.8. The van der Waals surface area contributed by atoms with Gasteiger partial charge in [0, 0.05) is 11.9 Å². The molecular formula is C28H33N5O3. The number of hydrogen-bond acceptors (Lipinski definition) is 5. The van der Waals surface area contributed by atoms with E-state index in [0.717, 1.165) is 23.9 Å². The minimum atomic E-state index is -0.872. The summed E-state index contributed by atoms with van der Waals surface area (Å²) in [5.41, 5.74) is 1.14. The summed E-state index contributed by atoms with van der Waals surface area (Å²) in [5.74, 6) is -0.753. The molecule has 3 aromatic rings. The lowest BCUT2D eigenvalue weighted by molar-refractivity contribution is -0.126. The van der Waals surface area contributed by atoms with E-state index in [1.807, 2.05) is 57.2 Å². The fourth-order valence-corrected chi connectivity index (χ4v) is 4.71. The van der Waals surface area contributed by atoms with Crippen LogP contribution in [0.2, 0.25) is 0 Å². The lowest BCUT2D eigenvalue weighted by Gasteiger charge is -2.31. The maximum atomic E-state index is 13.4. The molecule has 8 heteroatoms. The number of aromatic nitrogens is 2. The summed E-state index contributed by atoms with van der Waals surface area (Å²) in [7, 11) is 0. The minimum absolute atomic E-state index is 0.177. The Hall–Kier alpha value is -3.70. The van der Waals surface area contributed by atoms with Gasteiger partial charge >= 0.3 is 0 Å². The number of benzene rings is 2. The highest BCUT2D eigenvalue weighted by Crippen LogP contribution is 2.29. The Bertz CT molecular complexity index is 1290. The van der Waals surface area contributed by atoms with Gasteiger partial charge in [0.1, 0.15) is 6.04 Å². The van der Waals surface area contributed by atoms with Crippen molar-refractivity contribution in [3.05, 3.63) is 65.4 Å². The molecule has 2 aromatic carbocycles. The molecule has 3 N–H and O–H groups in total. The van der Waals surface area contributed by atoms with Crippen molar-refractivity contribution in [3.63, 3.8) is 0 Å². The molecule has 0 bridgehead atoms. The molecule has 0 spiro atoms. The van der Waals surface area contributed by atoms with Crippen molar-refractivity contribution in [1.82, 2.24) is 20.4 Å². The van der Waals surface area contributed by atoms with Crippen LogP contribution in [0.25, 0.3) is 10.9 Å². The van der Waals surface area contributed by atoms with Crippen LogP contribution in [0.15, 0.2) is 48.5 Å². The molecule has 0 unspecified atom stereocenters. The number of nitrogens with one attached hydrogen (secondary N) is 2. The third-order valence-corrected chi connectivity index (χ3v) is 6.82. The van der Waals surface area contributed by atoms with E-state index in [9.17, 15) is 14.7 Å². The highest BCUT2D eigenvalue weighted by Gasteiger charge is 2.37. The fourth-order valence-electron chi connectivity index (χ4n) is 4.71. The zero-order valence-electron chi connectivity index (χ0n) is 21.0. The molecule has 1 fully saturated rings. The predicted octanol–water partition coefficient (Wildman–Crippen LogP) is 3.52. The Kier molecular flexibility index (Phi) is 7.14. The third-order valence-electron chi connectivity index (χ3n) is 6.82. The number of carbonyl (C=O) groups is 2. The van der Waals surface area contributed by atoms with Crippen LogP contribution in [0.4, 0.5) is 0 Å². The molecule has 0 radical (unpaired) electrons. The Balaban J connectivity index is 1.56. The van der Waals surface area contributed by atoms with Crippen molar-refractivity contribution in [2.75, 3.05) is 6.54 Å². The molecule has 1 atom stereocenters. The normalized spacial score (nSPS) is 15.9. The first-order chi connectivity index (χ1) is 17.1. The van der Waals surface area contributed by atoms with E-state index in [-0.39, 0.29) is 18.1 Å². The topological polar surface area (TPSA) is 120 Å². The average Bonchev–Trinajstić information content (AvgIpc) is 3.45. The summed E-state index contributed by atoms with van der Waals surface area (Å²) in [4.78, 5) is 26.6. The van der Waals surface area contributed by atoms with E-state index in [1.54, 1.807) is 16.8 Å². The molecule has 0 saturated heterocycles. The van der Waals surface area contributed by atoms with Crippen molar-refractivity contribution < 1.29 is 14.7 Å². The van der Waals surface area contributed by atoms with Gasteiger partial charge in [0.2, 0.25) is 5.91 Å². The fraction of sp³-hybridized carbons (Fsp3) is 0.429. The average molecular weight is 488 g/mol. The first-order valence-electron chi connectivity index (χ1n) is 12.4. The van der Waals surface area contributed by atoms with Gasteiger partial charge in [-0.25, -0.2) is 0 Å². The summed E-state index contributed by atoms with van der Waals surface area (Å²) in [6.07, 6.45) is 3.24. The van der Waals surface area contributed by atoms with E-state index in [1.165, 1.54) is 0 Å². The minimum Gasteiger partial charge on any atom is -0.388 e. The van der Waals surface area contributed by atoms with Crippen LogP contribution >= 0.6 is 0 Å². The van der Waals surface area contributed by atoms with Crippen LogP contribution in [0.3, 0.4) is 0 Å². The number of rotatable bonds is 7. The number of nitriles is 1. The Morgan fingerprint density at radius 3 is 2.44 bits per heavy atom. The first kappa shape index (κ1) is 25.4. The highest BCUT2D eigenvalue weighted by molar-refractivity contribution is 6.06. The molecule has 0 aliphatic heterocycles. The van der Waals surface area contributed by atoms with Gasteiger partial charge in [-0.2, -0.15) is 10.4 Å². The summed E-state index contributed by atoms with van der Waals surface area (Å²) >= 11 is 0. The van der Waals surface area contributed by atoms with Gasteiger partial charge < -0.3 is 15.7 Å². The van der Waals surface area contributed by atoms with Crippen LogP contribution in [-0.4, -0.2) is 44.9 Å². The van der Waals surface area contributed by atoms with Crippen molar-refractivity contribution >= 4 is 22.7 Å². The molecule has 1 aliphatic rings. The van der Waals surface area contributed by atoms with Crippen LogP contribution < -0.4 is 10.6 Å². The van der Waals surface area contributed by atoms with E-state index < -0.39 is 23.0 Å². The van der Waals surface area contributed by atoms with Crippen LogP contribution in [0, 0.1) is 16.7 Å². The van der Waals surface area contributed by atoms with Gasteiger partial charge in [-0.15, -0.1) is 0 Å². The largest absolute Gasteiger partial charge is 0.388 e. The zero-order valence-corrected chi connectivity index (χ0v) is 21.0. The first-order valence-corrected chi connectivity index (χ1v) is 12.4. The number of nitrogens with zero attached hydrogens (tertiary/aromatic N) is 3. The number of hydrogen-bond donors (Lipinski definition) is 3. The summed E-state index contributed by atoms with van der Waals surface area (Å²) in [6, 6.07) is 16.0. The monoisotopic (exact) mass is 487 g/mol. The molecular weight excluding hydrogens is 454 g/mol. The number of fused-ring (bicyclic) bond motifs is 1. The van der Waals surface area contributed by atoms with Gasteiger partial charge in [0.25, 0.3) is 5.91 Å². The number of aliphatic hydroxyl groups is 1. The van der Waals surface area contributed by atoms with Gasteiger partial charge in [-0.3, -0.25) is 14.3 Å². The van der Waals surface area contributed by atoms with E-state index in [0.29, 0.717) is 30.3 Å². The van der Waals surface area contributed by atoms with Crippen LogP contribution in [-0.2, 0) is 11.3 Å². The predicted molar refractivity (Wildman–Crippen MR) is 137 cm³/mol. The van der Waals surface area contributed by atoms with Gasteiger partial charge in [-0.05, 0) is 42.0 Å². The smallest absolute Gasteiger partial charge is 0.273 e.